The lowest BCUT2D eigenvalue weighted by molar-refractivity contribution is 0.275. The molecule has 2 atom stereocenters. The molecule has 1 saturated heterocycles. The van der Waals surface area contributed by atoms with Crippen molar-refractivity contribution in [3.8, 4) is 22.7 Å². The molecule has 134 valence electrons. The summed E-state index contributed by atoms with van der Waals surface area (Å²) in [4.78, 5) is 8.26. The number of aromatic hydroxyl groups is 1. The van der Waals surface area contributed by atoms with Crippen molar-refractivity contribution in [3.63, 3.8) is 0 Å². The third kappa shape index (κ3) is 3.54. The fourth-order valence-electron chi connectivity index (χ4n) is 2.82. The monoisotopic (exact) mass is 372 g/mol. The SMILES string of the molecule is Oc1cc(-n2ccnc2)ccc1-c1cnc(S[C@H]2CCNC[C@@H]2F)nn1. The Balaban J connectivity index is 1.51. The van der Waals surface area contributed by atoms with E-state index in [2.05, 4.69) is 25.5 Å². The molecule has 0 aliphatic carbocycles. The van der Waals surface area contributed by atoms with Gasteiger partial charge in [0.25, 0.3) is 0 Å². The summed E-state index contributed by atoms with van der Waals surface area (Å²) in [6, 6.07) is 5.24. The van der Waals surface area contributed by atoms with E-state index >= 15 is 0 Å². The van der Waals surface area contributed by atoms with E-state index in [1.54, 1.807) is 41.6 Å². The van der Waals surface area contributed by atoms with E-state index in [0.717, 1.165) is 18.7 Å². The number of imidazole rings is 1. The van der Waals surface area contributed by atoms with Gasteiger partial charge in [-0.1, -0.05) is 11.8 Å². The number of nitrogens with zero attached hydrogens (tertiary/aromatic N) is 5. The lowest BCUT2D eigenvalue weighted by Gasteiger charge is -2.25. The number of rotatable bonds is 4. The van der Waals surface area contributed by atoms with Gasteiger partial charge in [-0.15, -0.1) is 10.2 Å². The molecule has 3 heterocycles. The molecule has 1 fully saturated rings. The number of thioether (sulfide) groups is 1. The van der Waals surface area contributed by atoms with Crippen LogP contribution in [0.25, 0.3) is 16.9 Å². The number of hydrogen-bond acceptors (Lipinski definition) is 7. The van der Waals surface area contributed by atoms with Gasteiger partial charge in [-0.25, -0.2) is 14.4 Å². The molecule has 0 spiro atoms. The van der Waals surface area contributed by atoms with Crippen molar-refractivity contribution in [1.29, 1.82) is 0 Å². The Kier molecular flexibility index (Phi) is 4.81. The molecule has 9 heteroatoms. The van der Waals surface area contributed by atoms with Crippen molar-refractivity contribution in [2.75, 3.05) is 13.1 Å². The van der Waals surface area contributed by atoms with Gasteiger partial charge in [0.05, 0.1) is 18.2 Å². The molecule has 0 amide bonds. The van der Waals surface area contributed by atoms with Crippen LogP contribution in [0.1, 0.15) is 6.42 Å². The van der Waals surface area contributed by atoms with Crippen LogP contribution in [0.3, 0.4) is 0 Å². The number of phenols is 1. The molecule has 4 rings (SSSR count). The Morgan fingerprint density at radius 1 is 1.31 bits per heavy atom. The van der Waals surface area contributed by atoms with Gasteiger partial charge in [-0.3, -0.25) is 0 Å². The van der Waals surface area contributed by atoms with E-state index in [1.807, 2.05) is 6.07 Å². The highest BCUT2D eigenvalue weighted by Crippen LogP contribution is 2.31. The second-order valence-electron chi connectivity index (χ2n) is 5.96. The molecule has 0 unspecified atom stereocenters. The van der Waals surface area contributed by atoms with Gasteiger partial charge in [0, 0.05) is 35.8 Å². The highest BCUT2D eigenvalue weighted by atomic mass is 32.2. The number of aromatic nitrogens is 5. The Morgan fingerprint density at radius 2 is 2.23 bits per heavy atom. The second-order valence-corrected chi connectivity index (χ2v) is 7.17. The van der Waals surface area contributed by atoms with Crippen LogP contribution in [0.5, 0.6) is 5.75 Å². The zero-order valence-electron chi connectivity index (χ0n) is 13.8. The van der Waals surface area contributed by atoms with E-state index < -0.39 is 6.17 Å². The minimum Gasteiger partial charge on any atom is -0.507 e. The highest BCUT2D eigenvalue weighted by Gasteiger charge is 2.26. The fourth-order valence-corrected chi connectivity index (χ4v) is 3.77. The van der Waals surface area contributed by atoms with Gasteiger partial charge in [-0.2, -0.15) is 0 Å². The summed E-state index contributed by atoms with van der Waals surface area (Å²) in [6.07, 6.45) is 6.47. The summed E-state index contributed by atoms with van der Waals surface area (Å²) in [5.74, 6) is 0.0786. The summed E-state index contributed by atoms with van der Waals surface area (Å²) in [5.41, 5.74) is 1.79. The Morgan fingerprint density at radius 3 is 2.92 bits per heavy atom. The maximum Gasteiger partial charge on any atom is 0.209 e. The van der Waals surface area contributed by atoms with Crippen LogP contribution >= 0.6 is 11.8 Å². The quantitative estimate of drug-likeness (QED) is 0.726. The molecule has 3 aromatic rings. The molecule has 7 nitrogen and oxygen atoms in total. The molecule has 0 bridgehead atoms. The maximum atomic E-state index is 13.9. The summed E-state index contributed by atoms with van der Waals surface area (Å²) in [5, 5.41) is 21.9. The second kappa shape index (κ2) is 7.38. The molecule has 0 radical (unpaired) electrons. The number of phenolic OH excluding ortho intramolecular Hbond substituents is 1. The largest absolute Gasteiger partial charge is 0.507 e. The van der Waals surface area contributed by atoms with E-state index in [0.29, 0.717) is 23.0 Å². The smallest absolute Gasteiger partial charge is 0.209 e. The molecular formula is C17H17FN6OS. The van der Waals surface area contributed by atoms with Gasteiger partial charge in [-0.05, 0) is 25.1 Å². The van der Waals surface area contributed by atoms with Gasteiger partial charge in [0.15, 0.2) is 0 Å². The van der Waals surface area contributed by atoms with Crippen molar-refractivity contribution >= 4 is 11.8 Å². The first-order chi connectivity index (χ1) is 12.7. The molecule has 2 N–H and O–H groups in total. The summed E-state index contributed by atoms with van der Waals surface area (Å²) < 4.78 is 15.7. The number of alkyl halides is 1. The molecule has 1 aliphatic heterocycles. The zero-order valence-corrected chi connectivity index (χ0v) is 14.6. The van der Waals surface area contributed by atoms with E-state index in [1.165, 1.54) is 11.8 Å². The molecular weight excluding hydrogens is 355 g/mol. The minimum absolute atomic E-state index is 0.0786. The van der Waals surface area contributed by atoms with E-state index in [4.69, 9.17) is 0 Å². The van der Waals surface area contributed by atoms with Crippen molar-refractivity contribution in [1.82, 2.24) is 30.0 Å². The van der Waals surface area contributed by atoms with Crippen LogP contribution in [-0.4, -0.2) is 54.4 Å². The van der Waals surface area contributed by atoms with Crippen LogP contribution in [0.15, 0.2) is 48.3 Å². The van der Waals surface area contributed by atoms with Gasteiger partial charge in [0.1, 0.15) is 17.6 Å². The van der Waals surface area contributed by atoms with Gasteiger partial charge in [0.2, 0.25) is 5.16 Å². The zero-order chi connectivity index (χ0) is 17.9. The number of benzene rings is 1. The van der Waals surface area contributed by atoms with Crippen molar-refractivity contribution in [2.45, 2.75) is 23.0 Å². The lowest BCUT2D eigenvalue weighted by Crippen LogP contribution is -2.39. The average Bonchev–Trinajstić information content (AvgIpc) is 3.19. The van der Waals surface area contributed by atoms with Crippen LogP contribution in [0.2, 0.25) is 0 Å². The van der Waals surface area contributed by atoms with Crippen LogP contribution in [0.4, 0.5) is 4.39 Å². The molecule has 2 aromatic heterocycles. The van der Waals surface area contributed by atoms with Crippen LogP contribution in [0, 0.1) is 0 Å². The normalized spacial score (nSPS) is 20.2. The van der Waals surface area contributed by atoms with Gasteiger partial charge >= 0.3 is 0 Å². The molecule has 0 saturated carbocycles. The first kappa shape index (κ1) is 16.9. The third-order valence-corrected chi connectivity index (χ3v) is 5.44. The Labute approximate surface area is 153 Å². The van der Waals surface area contributed by atoms with Crippen LogP contribution in [-0.2, 0) is 0 Å². The minimum atomic E-state index is -0.920. The summed E-state index contributed by atoms with van der Waals surface area (Å²) in [7, 11) is 0. The standard InChI is InChI=1S/C17H17FN6OS/c18-13-8-19-4-3-16(13)26-17-21-9-14(22-23-17)12-2-1-11(7-15(12)25)24-6-5-20-10-24/h1-2,5-7,9-10,13,16,19,25H,3-4,8H2/t13-,16-/m0/s1. The summed E-state index contributed by atoms with van der Waals surface area (Å²) >= 11 is 1.31. The number of hydrogen-bond donors (Lipinski definition) is 2. The molecule has 1 aromatic carbocycles. The number of nitrogens with one attached hydrogen (secondary N) is 1. The van der Waals surface area contributed by atoms with E-state index in [-0.39, 0.29) is 11.0 Å². The first-order valence-corrected chi connectivity index (χ1v) is 9.11. The number of piperidine rings is 1. The van der Waals surface area contributed by atoms with Crippen molar-refractivity contribution < 1.29 is 9.50 Å². The first-order valence-electron chi connectivity index (χ1n) is 8.23. The van der Waals surface area contributed by atoms with Crippen molar-refractivity contribution in [3.05, 3.63) is 43.1 Å². The predicted octanol–water partition coefficient (Wildman–Crippen LogP) is 2.22. The third-order valence-electron chi connectivity index (χ3n) is 4.21. The average molecular weight is 372 g/mol. The van der Waals surface area contributed by atoms with Crippen LogP contribution < -0.4 is 5.32 Å². The Hall–Kier alpha value is -2.52. The molecule has 26 heavy (non-hydrogen) atoms. The van der Waals surface area contributed by atoms with Gasteiger partial charge < -0.3 is 15.0 Å². The predicted molar refractivity (Wildman–Crippen MR) is 96.1 cm³/mol. The number of halogens is 1. The summed E-state index contributed by atoms with van der Waals surface area (Å²) in [6.45, 7) is 1.15. The highest BCUT2D eigenvalue weighted by molar-refractivity contribution is 7.99. The fraction of sp³-hybridized carbons (Fsp3) is 0.294. The van der Waals surface area contributed by atoms with Crippen molar-refractivity contribution in [2.24, 2.45) is 0 Å². The molecule has 1 aliphatic rings. The van der Waals surface area contributed by atoms with E-state index in [9.17, 15) is 9.50 Å². The topological polar surface area (TPSA) is 88.8 Å². The Bertz CT molecular complexity index is 873. The lowest BCUT2D eigenvalue weighted by atomic mass is 10.1. The maximum absolute atomic E-state index is 13.9.